The standard InChI is InChI=1S/C14H13NO/c1-16-14-11-13(9-10-15-14)8-7-12-5-3-2-4-6-12/h2-11H,1H3. The third-order valence-corrected chi connectivity index (χ3v) is 2.24. The Morgan fingerprint density at radius 3 is 2.50 bits per heavy atom. The molecule has 0 bridgehead atoms. The van der Waals surface area contributed by atoms with Gasteiger partial charge in [-0.3, -0.25) is 0 Å². The van der Waals surface area contributed by atoms with Crippen LogP contribution in [0.2, 0.25) is 0 Å². The first-order valence-electron chi connectivity index (χ1n) is 5.11. The lowest BCUT2D eigenvalue weighted by Gasteiger charge is -1.98. The van der Waals surface area contributed by atoms with Crippen LogP contribution < -0.4 is 4.74 Å². The molecule has 0 saturated heterocycles. The van der Waals surface area contributed by atoms with E-state index in [2.05, 4.69) is 23.2 Å². The zero-order chi connectivity index (χ0) is 11.2. The summed E-state index contributed by atoms with van der Waals surface area (Å²) in [5.74, 6) is 0.634. The highest BCUT2D eigenvalue weighted by Gasteiger charge is 1.92. The fraction of sp³-hybridized carbons (Fsp3) is 0.0714. The number of methoxy groups -OCH3 is 1. The van der Waals surface area contributed by atoms with Gasteiger partial charge in [-0.2, -0.15) is 0 Å². The Balaban J connectivity index is 2.17. The van der Waals surface area contributed by atoms with Crippen LogP contribution in [0, 0.1) is 0 Å². The van der Waals surface area contributed by atoms with Crippen LogP contribution in [0.4, 0.5) is 0 Å². The molecular weight excluding hydrogens is 198 g/mol. The maximum Gasteiger partial charge on any atom is 0.213 e. The van der Waals surface area contributed by atoms with Crippen LogP contribution in [-0.2, 0) is 0 Å². The lowest BCUT2D eigenvalue weighted by Crippen LogP contribution is -1.86. The first-order chi connectivity index (χ1) is 7.88. The molecule has 0 spiro atoms. The molecule has 0 saturated carbocycles. The summed E-state index contributed by atoms with van der Waals surface area (Å²) in [7, 11) is 1.62. The topological polar surface area (TPSA) is 22.1 Å². The van der Waals surface area contributed by atoms with Crippen molar-refractivity contribution in [3.05, 3.63) is 59.8 Å². The van der Waals surface area contributed by atoms with Crippen molar-refractivity contribution in [2.45, 2.75) is 0 Å². The van der Waals surface area contributed by atoms with Gasteiger partial charge in [-0.25, -0.2) is 4.98 Å². The first kappa shape index (κ1) is 10.4. The van der Waals surface area contributed by atoms with E-state index in [4.69, 9.17) is 4.74 Å². The van der Waals surface area contributed by atoms with E-state index < -0.39 is 0 Å². The summed E-state index contributed by atoms with van der Waals surface area (Å²) in [5.41, 5.74) is 2.26. The molecule has 80 valence electrons. The molecule has 0 N–H and O–H groups in total. The largest absolute Gasteiger partial charge is 0.481 e. The minimum absolute atomic E-state index is 0.634. The van der Waals surface area contributed by atoms with Crippen molar-refractivity contribution in [2.24, 2.45) is 0 Å². The first-order valence-corrected chi connectivity index (χ1v) is 5.11. The molecule has 0 fully saturated rings. The number of hydrogen-bond acceptors (Lipinski definition) is 2. The number of ether oxygens (including phenoxy) is 1. The van der Waals surface area contributed by atoms with E-state index in [1.807, 2.05) is 36.4 Å². The van der Waals surface area contributed by atoms with E-state index in [0.717, 1.165) is 5.56 Å². The van der Waals surface area contributed by atoms with Crippen molar-refractivity contribution in [1.82, 2.24) is 4.98 Å². The molecular formula is C14H13NO. The van der Waals surface area contributed by atoms with Gasteiger partial charge in [0.15, 0.2) is 0 Å². The predicted molar refractivity (Wildman–Crippen MR) is 66.2 cm³/mol. The van der Waals surface area contributed by atoms with Gasteiger partial charge in [0.2, 0.25) is 5.88 Å². The van der Waals surface area contributed by atoms with E-state index in [1.54, 1.807) is 13.3 Å². The normalized spacial score (nSPS) is 10.6. The van der Waals surface area contributed by atoms with Gasteiger partial charge < -0.3 is 4.74 Å². The number of pyridine rings is 1. The maximum absolute atomic E-state index is 5.06. The Hall–Kier alpha value is -2.09. The number of benzene rings is 1. The smallest absolute Gasteiger partial charge is 0.213 e. The molecule has 0 atom stereocenters. The molecule has 2 rings (SSSR count). The van der Waals surface area contributed by atoms with Crippen molar-refractivity contribution in [3.8, 4) is 5.88 Å². The second kappa shape index (κ2) is 5.12. The van der Waals surface area contributed by atoms with Crippen LogP contribution >= 0.6 is 0 Å². The van der Waals surface area contributed by atoms with Crippen molar-refractivity contribution in [1.29, 1.82) is 0 Å². The van der Waals surface area contributed by atoms with Crippen LogP contribution in [0.1, 0.15) is 11.1 Å². The molecule has 1 aromatic heterocycles. The fourth-order valence-electron chi connectivity index (χ4n) is 1.40. The third-order valence-electron chi connectivity index (χ3n) is 2.24. The molecule has 0 amide bonds. The highest BCUT2D eigenvalue weighted by Crippen LogP contribution is 2.12. The van der Waals surface area contributed by atoms with E-state index >= 15 is 0 Å². The molecule has 2 heteroatoms. The molecule has 0 aliphatic heterocycles. The summed E-state index contributed by atoms with van der Waals surface area (Å²) in [4.78, 5) is 4.06. The quantitative estimate of drug-likeness (QED) is 0.777. The highest BCUT2D eigenvalue weighted by atomic mass is 16.5. The summed E-state index contributed by atoms with van der Waals surface area (Å²) < 4.78 is 5.06. The molecule has 0 aliphatic rings. The highest BCUT2D eigenvalue weighted by molar-refractivity contribution is 5.69. The minimum atomic E-state index is 0.634. The van der Waals surface area contributed by atoms with Crippen molar-refractivity contribution in [3.63, 3.8) is 0 Å². The van der Waals surface area contributed by atoms with Gasteiger partial charge in [0.25, 0.3) is 0 Å². The van der Waals surface area contributed by atoms with E-state index in [1.165, 1.54) is 5.56 Å². The second-order valence-electron chi connectivity index (χ2n) is 3.38. The summed E-state index contributed by atoms with van der Waals surface area (Å²) in [6.45, 7) is 0. The van der Waals surface area contributed by atoms with Gasteiger partial charge in [0.1, 0.15) is 0 Å². The van der Waals surface area contributed by atoms with Crippen LogP contribution in [-0.4, -0.2) is 12.1 Å². The number of aromatic nitrogens is 1. The zero-order valence-electron chi connectivity index (χ0n) is 9.13. The van der Waals surface area contributed by atoms with E-state index in [-0.39, 0.29) is 0 Å². The van der Waals surface area contributed by atoms with E-state index in [0.29, 0.717) is 5.88 Å². The van der Waals surface area contributed by atoms with Crippen LogP contribution in [0.15, 0.2) is 48.7 Å². The molecule has 0 radical (unpaired) electrons. The minimum Gasteiger partial charge on any atom is -0.481 e. The van der Waals surface area contributed by atoms with Crippen molar-refractivity contribution in [2.75, 3.05) is 7.11 Å². The summed E-state index contributed by atoms with van der Waals surface area (Å²) in [5, 5.41) is 0. The van der Waals surface area contributed by atoms with E-state index in [9.17, 15) is 0 Å². The Labute approximate surface area is 95.2 Å². The number of rotatable bonds is 3. The van der Waals surface area contributed by atoms with Gasteiger partial charge in [0, 0.05) is 12.3 Å². The molecule has 0 aliphatic carbocycles. The fourth-order valence-corrected chi connectivity index (χ4v) is 1.40. The lowest BCUT2D eigenvalue weighted by molar-refractivity contribution is 0.398. The summed E-state index contributed by atoms with van der Waals surface area (Å²) in [6.07, 6.45) is 5.85. The van der Waals surface area contributed by atoms with Gasteiger partial charge in [-0.1, -0.05) is 42.5 Å². The predicted octanol–water partition coefficient (Wildman–Crippen LogP) is 3.26. The monoisotopic (exact) mass is 211 g/mol. The Morgan fingerprint density at radius 2 is 1.75 bits per heavy atom. The van der Waals surface area contributed by atoms with Crippen LogP contribution in [0.25, 0.3) is 12.2 Å². The van der Waals surface area contributed by atoms with Crippen LogP contribution in [0.3, 0.4) is 0 Å². The van der Waals surface area contributed by atoms with Crippen molar-refractivity contribution < 1.29 is 4.74 Å². The average Bonchev–Trinajstić information content (AvgIpc) is 2.38. The molecule has 1 aromatic carbocycles. The number of hydrogen-bond donors (Lipinski definition) is 0. The lowest BCUT2D eigenvalue weighted by atomic mass is 10.1. The maximum atomic E-state index is 5.06. The average molecular weight is 211 g/mol. The molecule has 16 heavy (non-hydrogen) atoms. The van der Waals surface area contributed by atoms with Gasteiger partial charge >= 0.3 is 0 Å². The second-order valence-corrected chi connectivity index (χ2v) is 3.38. The zero-order valence-corrected chi connectivity index (χ0v) is 9.13. The van der Waals surface area contributed by atoms with Crippen LogP contribution in [0.5, 0.6) is 5.88 Å². The molecule has 0 unspecified atom stereocenters. The SMILES string of the molecule is COc1cc(C=Cc2ccccc2)ccn1. The number of nitrogens with zero attached hydrogens (tertiary/aromatic N) is 1. The summed E-state index contributed by atoms with van der Waals surface area (Å²) >= 11 is 0. The molecule has 2 nitrogen and oxygen atoms in total. The Morgan fingerprint density at radius 1 is 1.00 bits per heavy atom. The third kappa shape index (κ3) is 2.70. The van der Waals surface area contributed by atoms with Gasteiger partial charge in [-0.15, -0.1) is 0 Å². The summed E-state index contributed by atoms with van der Waals surface area (Å²) in [6, 6.07) is 14.0. The Kier molecular flexibility index (Phi) is 3.34. The molecule has 2 aromatic rings. The van der Waals surface area contributed by atoms with Crippen molar-refractivity contribution >= 4 is 12.2 Å². The van der Waals surface area contributed by atoms with Gasteiger partial charge in [0.05, 0.1) is 7.11 Å². The molecule has 1 heterocycles. The van der Waals surface area contributed by atoms with Gasteiger partial charge in [-0.05, 0) is 17.2 Å². The Bertz CT molecular complexity index is 477.